The minimum Gasteiger partial charge on any atom is -0.393 e. The van der Waals surface area contributed by atoms with Gasteiger partial charge in [-0.3, -0.25) is 0 Å². The van der Waals surface area contributed by atoms with E-state index < -0.39 is 6.04 Å². The van der Waals surface area contributed by atoms with E-state index in [1.807, 2.05) is 11.6 Å². The number of nitrogens with zero attached hydrogens (tertiary/aromatic N) is 3. The molecule has 2 heterocycles. The van der Waals surface area contributed by atoms with Crippen molar-refractivity contribution in [2.75, 3.05) is 13.1 Å². The number of halogens is 1. The standard InChI is InChI=1S/C17H21FN4O2/c1-21-11-8-19-16(21)15(12-2-4-13(18)5-3-12)20-17(24)22-9-6-14(23)7-10-22/h2-5,8,11,14-15,23H,6-7,9-10H2,1H3,(H,20,24). The Morgan fingerprint density at radius 3 is 2.58 bits per heavy atom. The smallest absolute Gasteiger partial charge is 0.318 e. The number of imidazole rings is 1. The fourth-order valence-electron chi connectivity index (χ4n) is 2.89. The molecule has 7 heteroatoms. The summed E-state index contributed by atoms with van der Waals surface area (Å²) in [6, 6.07) is 5.36. The first-order valence-corrected chi connectivity index (χ1v) is 8.01. The molecule has 2 N–H and O–H groups in total. The number of hydrogen-bond donors (Lipinski definition) is 2. The van der Waals surface area contributed by atoms with Crippen molar-refractivity contribution in [3.63, 3.8) is 0 Å². The first-order valence-electron chi connectivity index (χ1n) is 8.01. The second kappa shape index (κ2) is 7.00. The van der Waals surface area contributed by atoms with Crippen LogP contribution in [0.3, 0.4) is 0 Å². The lowest BCUT2D eigenvalue weighted by atomic mass is 10.1. The van der Waals surface area contributed by atoms with Gasteiger partial charge in [-0.05, 0) is 30.5 Å². The fraction of sp³-hybridized carbons (Fsp3) is 0.412. The van der Waals surface area contributed by atoms with E-state index in [1.165, 1.54) is 12.1 Å². The molecule has 128 valence electrons. The lowest BCUT2D eigenvalue weighted by molar-refractivity contribution is 0.0931. The molecule has 1 fully saturated rings. The summed E-state index contributed by atoms with van der Waals surface area (Å²) in [5.41, 5.74) is 0.760. The quantitative estimate of drug-likeness (QED) is 0.901. The van der Waals surface area contributed by atoms with E-state index in [0.717, 1.165) is 5.56 Å². The molecule has 1 aliphatic rings. The van der Waals surface area contributed by atoms with Crippen molar-refractivity contribution < 1.29 is 14.3 Å². The Bertz CT molecular complexity index is 693. The number of aromatic nitrogens is 2. The summed E-state index contributed by atoms with van der Waals surface area (Å²) in [6.45, 7) is 1.04. The van der Waals surface area contributed by atoms with Gasteiger partial charge in [-0.1, -0.05) is 12.1 Å². The number of likely N-dealkylation sites (tertiary alicyclic amines) is 1. The molecule has 2 amide bonds. The normalized spacial score (nSPS) is 16.9. The van der Waals surface area contributed by atoms with Crippen molar-refractivity contribution in [3.8, 4) is 0 Å². The lowest BCUT2D eigenvalue weighted by Gasteiger charge is -2.31. The van der Waals surface area contributed by atoms with Gasteiger partial charge in [0.15, 0.2) is 0 Å². The zero-order chi connectivity index (χ0) is 17.1. The maximum atomic E-state index is 13.2. The third kappa shape index (κ3) is 3.56. The topological polar surface area (TPSA) is 70.4 Å². The van der Waals surface area contributed by atoms with E-state index in [4.69, 9.17) is 0 Å². The van der Waals surface area contributed by atoms with Crippen molar-refractivity contribution in [3.05, 3.63) is 53.9 Å². The van der Waals surface area contributed by atoms with Crippen molar-refractivity contribution in [2.24, 2.45) is 7.05 Å². The Hall–Kier alpha value is -2.41. The van der Waals surface area contributed by atoms with Crippen LogP contribution >= 0.6 is 0 Å². The molecule has 1 aromatic carbocycles. The number of hydrogen-bond acceptors (Lipinski definition) is 3. The fourth-order valence-corrected chi connectivity index (χ4v) is 2.89. The van der Waals surface area contributed by atoms with Crippen LogP contribution in [0.25, 0.3) is 0 Å². The summed E-state index contributed by atoms with van der Waals surface area (Å²) in [6.07, 6.45) is 4.29. The van der Waals surface area contributed by atoms with Gasteiger partial charge < -0.3 is 19.9 Å². The molecular weight excluding hydrogens is 311 g/mol. The number of aryl methyl sites for hydroxylation is 1. The molecule has 0 radical (unpaired) electrons. The number of nitrogens with one attached hydrogen (secondary N) is 1. The summed E-state index contributed by atoms with van der Waals surface area (Å²) in [5, 5.41) is 12.6. The molecule has 1 unspecified atom stereocenters. The van der Waals surface area contributed by atoms with E-state index >= 15 is 0 Å². The summed E-state index contributed by atoms with van der Waals surface area (Å²) in [5.74, 6) is 0.348. The van der Waals surface area contributed by atoms with Gasteiger partial charge in [-0.15, -0.1) is 0 Å². The second-order valence-electron chi connectivity index (χ2n) is 6.05. The van der Waals surface area contributed by atoms with Gasteiger partial charge in [-0.25, -0.2) is 14.2 Å². The number of rotatable bonds is 3. The van der Waals surface area contributed by atoms with Gasteiger partial charge in [0, 0.05) is 32.5 Å². The Morgan fingerprint density at radius 2 is 2.00 bits per heavy atom. The molecule has 0 aliphatic carbocycles. The Morgan fingerprint density at radius 1 is 1.33 bits per heavy atom. The largest absolute Gasteiger partial charge is 0.393 e. The molecule has 0 bridgehead atoms. The van der Waals surface area contributed by atoms with Crippen molar-refractivity contribution in [1.82, 2.24) is 19.8 Å². The van der Waals surface area contributed by atoms with Gasteiger partial charge in [0.2, 0.25) is 0 Å². The molecule has 1 aliphatic heterocycles. The predicted octanol–water partition coefficient (Wildman–Crippen LogP) is 1.81. The monoisotopic (exact) mass is 332 g/mol. The van der Waals surface area contributed by atoms with Gasteiger partial charge in [-0.2, -0.15) is 0 Å². The second-order valence-corrected chi connectivity index (χ2v) is 6.05. The zero-order valence-corrected chi connectivity index (χ0v) is 13.5. The number of amides is 2. The molecule has 6 nitrogen and oxygen atoms in total. The zero-order valence-electron chi connectivity index (χ0n) is 13.5. The van der Waals surface area contributed by atoms with Crippen LogP contribution in [0.2, 0.25) is 0 Å². The number of piperidine rings is 1. The van der Waals surface area contributed by atoms with Crippen LogP contribution in [0, 0.1) is 5.82 Å². The van der Waals surface area contributed by atoms with Crippen LogP contribution < -0.4 is 5.32 Å². The van der Waals surface area contributed by atoms with Crippen molar-refractivity contribution >= 4 is 6.03 Å². The van der Waals surface area contributed by atoms with E-state index in [9.17, 15) is 14.3 Å². The maximum Gasteiger partial charge on any atom is 0.318 e. The van der Waals surface area contributed by atoms with Crippen LogP contribution in [0.1, 0.15) is 30.3 Å². The van der Waals surface area contributed by atoms with E-state index in [0.29, 0.717) is 31.8 Å². The minimum absolute atomic E-state index is 0.209. The predicted molar refractivity (Wildman–Crippen MR) is 86.8 cm³/mol. The summed E-state index contributed by atoms with van der Waals surface area (Å²) < 4.78 is 15.0. The van der Waals surface area contributed by atoms with Crippen LogP contribution in [0.4, 0.5) is 9.18 Å². The highest BCUT2D eigenvalue weighted by atomic mass is 19.1. The Kier molecular flexibility index (Phi) is 4.80. The molecule has 0 saturated carbocycles. The molecule has 2 aromatic rings. The van der Waals surface area contributed by atoms with Crippen LogP contribution in [-0.4, -0.2) is 44.8 Å². The number of aliphatic hydroxyl groups is 1. The maximum absolute atomic E-state index is 13.2. The van der Waals surface area contributed by atoms with Gasteiger partial charge in [0.1, 0.15) is 17.7 Å². The van der Waals surface area contributed by atoms with E-state index in [2.05, 4.69) is 10.3 Å². The van der Waals surface area contributed by atoms with Crippen LogP contribution in [0.15, 0.2) is 36.7 Å². The number of benzene rings is 1. The molecule has 3 rings (SSSR count). The highest BCUT2D eigenvalue weighted by Crippen LogP contribution is 2.22. The summed E-state index contributed by atoms with van der Waals surface area (Å²) in [4.78, 5) is 18.6. The molecule has 1 aromatic heterocycles. The third-order valence-corrected chi connectivity index (χ3v) is 4.34. The first-order chi connectivity index (χ1) is 11.5. The van der Waals surface area contributed by atoms with E-state index in [1.54, 1.807) is 29.4 Å². The number of aliphatic hydroxyl groups excluding tert-OH is 1. The average molecular weight is 332 g/mol. The summed E-state index contributed by atoms with van der Waals surface area (Å²) in [7, 11) is 1.85. The number of carbonyl (C=O) groups excluding carboxylic acids is 1. The number of carbonyl (C=O) groups is 1. The van der Waals surface area contributed by atoms with Crippen molar-refractivity contribution in [1.29, 1.82) is 0 Å². The first kappa shape index (κ1) is 16.4. The Balaban J connectivity index is 1.81. The third-order valence-electron chi connectivity index (χ3n) is 4.34. The van der Waals surface area contributed by atoms with Gasteiger partial charge in [0.25, 0.3) is 0 Å². The van der Waals surface area contributed by atoms with Crippen molar-refractivity contribution in [2.45, 2.75) is 25.0 Å². The number of urea groups is 1. The average Bonchev–Trinajstić information content (AvgIpc) is 3.00. The lowest BCUT2D eigenvalue weighted by Crippen LogP contribution is -2.47. The highest BCUT2D eigenvalue weighted by molar-refractivity contribution is 5.75. The molecule has 1 saturated heterocycles. The van der Waals surface area contributed by atoms with Gasteiger partial charge in [0.05, 0.1) is 6.10 Å². The molecule has 1 atom stereocenters. The molecule has 0 spiro atoms. The molecular formula is C17H21FN4O2. The highest BCUT2D eigenvalue weighted by Gasteiger charge is 2.26. The van der Waals surface area contributed by atoms with Crippen LogP contribution in [0.5, 0.6) is 0 Å². The Labute approximate surface area is 139 Å². The van der Waals surface area contributed by atoms with E-state index in [-0.39, 0.29) is 18.0 Å². The SMILES string of the molecule is Cn1ccnc1C(NC(=O)N1CCC(O)CC1)c1ccc(F)cc1. The van der Waals surface area contributed by atoms with Crippen LogP contribution in [-0.2, 0) is 7.05 Å². The minimum atomic E-state index is -0.468. The molecule has 24 heavy (non-hydrogen) atoms. The summed E-state index contributed by atoms with van der Waals surface area (Å²) >= 11 is 0. The van der Waals surface area contributed by atoms with Gasteiger partial charge >= 0.3 is 6.03 Å².